The molecule has 0 atom stereocenters. The molecule has 7 heteroatoms. The fourth-order valence-electron chi connectivity index (χ4n) is 2.43. The SMILES string of the molecule is COC(=O)c1ccccc1NC(=O)c1ccnc(Nc2cccc(Cl)c2)c1. The molecule has 6 nitrogen and oxygen atoms in total. The minimum atomic E-state index is -0.524. The first kappa shape index (κ1) is 18.4. The Kier molecular flexibility index (Phi) is 5.68. The van der Waals surface area contributed by atoms with Crippen LogP contribution in [0.15, 0.2) is 66.9 Å². The Morgan fingerprint density at radius 2 is 1.85 bits per heavy atom. The zero-order chi connectivity index (χ0) is 19.2. The fourth-order valence-corrected chi connectivity index (χ4v) is 2.62. The maximum absolute atomic E-state index is 12.6. The van der Waals surface area contributed by atoms with E-state index < -0.39 is 5.97 Å². The Hall–Kier alpha value is -3.38. The summed E-state index contributed by atoms with van der Waals surface area (Å²) in [6.45, 7) is 0. The van der Waals surface area contributed by atoms with E-state index in [0.717, 1.165) is 5.69 Å². The predicted octanol–water partition coefficient (Wildman–Crippen LogP) is 4.52. The van der Waals surface area contributed by atoms with Gasteiger partial charge in [-0.3, -0.25) is 4.79 Å². The minimum absolute atomic E-state index is 0.277. The summed E-state index contributed by atoms with van der Waals surface area (Å²) < 4.78 is 4.74. The van der Waals surface area contributed by atoms with Gasteiger partial charge in [0, 0.05) is 22.5 Å². The number of hydrogen-bond acceptors (Lipinski definition) is 5. The monoisotopic (exact) mass is 381 g/mol. The third-order valence-electron chi connectivity index (χ3n) is 3.70. The molecule has 0 aliphatic heterocycles. The van der Waals surface area contributed by atoms with Crippen molar-refractivity contribution >= 4 is 40.7 Å². The molecule has 0 saturated carbocycles. The van der Waals surface area contributed by atoms with E-state index in [0.29, 0.717) is 22.1 Å². The highest BCUT2D eigenvalue weighted by molar-refractivity contribution is 6.30. The van der Waals surface area contributed by atoms with E-state index in [2.05, 4.69) is 15.6 Å². The highest BCUT2D eigenvalue weighted by Crippen LogP contribution is 2.21. The van der Waals surface area contributed by atoms with E-state index in [1.54, 1.807) is 48.5 Å². The number of rotatable bonds is 5. The van der Waals surface area contributed by atoms with Crippen LogP contribution in [0, 0.1) is 0 Å². The normalized spacial score (nSPS) is 10.1. The van der Waals surface area contributed by atoms with Crippen molar-refractivity contribution in [3.8, 4) is 0 Å². The Bertz CT molecular complexity index is 991. The van der Waals surface area contributed by atoms with Crippen LogP contribution < -0.4 is 10.6 Å². The zero-order valence-electron chi connectivity index (χ0n) is 14.4. The van der Waals surface area contributed by atoms with Crippen LogP contribution in [0.2, 0.25) is 5.02 Å². The maximum atomic E-state index is 12.6. The van der Waals surface area contributed by atoms with Gasteiger partial charge in [-0.2, -0.15) is 0 Å². The largest absolute Gasteiger partial charge is 0.465 e. The predicted molar refractivity (Wildman–Crippen MR) is 105 cm³/mol. The summed E-state index contributed by atoms with van der Waals surface area (Å²) in [6.07, 6.45) is 1.52. The van der Waals surface area contributed by atoms with Gasteiger partial charge in [0.05, 0.1) is 18.4 Å². The minimum Gasteiger partial charge on any atom is -0.465 e. The summed E-state index contributed by atoms with van der Waals surface area (Å²) in [4.78, 5) is 28.6. The highest BCUT2D eigenvalue weighted by atomic mass is 35.5. The van der Waals surface area contributed by atoms with Crippen LogP contribution in [0.25, 0.3) is 0 Å². The summed E-state index contributed by atoms with van der Waals surface area (Å²) >= 11 is 5.97. The third-order valence-corrected chi connectivity index (χ3v) is 3.93. The highest BCUT2D eigenvalue weighted by Gasteiger charge is 2.14. The van der Waals surface area contributed by atoms with Gasteiger partial charge in [0.1, 0.15) is 5.82 Å². The molecule has 0 radical (unpaired) electrons. The van der Waals surface area contributed by atoms with Gasteiger partial charge < -0.3 is 15.4 Å². The second-order valence-corrected chi connectivity index (χ2v) is 5.99. The van der Waals surface area contributed by atoms with Crippen molar-refractivity contribution < 1.29 is 14.3 Å². The first-order valence-corrected chi connectivity index (χ1v) is 8.42. The molecule has 1 aromatic heterocycles. The van der Waals surface area contributed by atoms with Crippen molar-refractivity contribution in [2.75, 3.05) is 17.7 Å². The van der Waals surface area contributed by atoms with Crippen LogP contribution in [0.5, 0.6) is 0 Å². The first-order chi connectivity index (χ1) is 13.1. The van der Waals surface area contributed by atoms with Crippen LogP contribution >= 0.6 is 11.6 Å². The number of halogens is 1. The molecule has 0 spiro atoms. The summed E-state index contributed by atoms with van der Waals surface area (Å²) in [6, 6.07) is 17.0. The number of nitrogens with one attached hydrogen (secondary N) is 2. The van der Waals surface area contributed by atoms with Crippen LogP contribution in [0.4, 0.5) is 17.2 Å². The molecule has 0 saturated heterocycles. The molecule has 27 heavy (non-hydrogen) atoms. The molecule has 3 rings (SSSR count). The number of anilines is 3. The second kappa shape index (κ2) is 8.33. The quantitative estimate of drug-likeness (QED) is 0.635. The van der Waals surface area contributed by atoms with E-state index in [-0.39, 0.29) is 11.5 Å². The van der Waals surface area contributed by atoms with Gasteiger partial charge in [-0.05, 0) is 42.5 Å². The number of methoxy groups -OCH3 is 1. The van der Waals surface area contributed by atoms with Crippen molar-refractivity contribution in [1.82, 2.24) is 4.98 Å². The van der Waals surface area contributed by atoms with Crippen molar-refractivity contribution in [3.63, 3.8) is 0 Å². The smallest absolute Gasteiger partial charge is 0.339 e. The molecular formula is C20H16ClN3O3. The van der Waals surface area contributed by atoms with Gasteiger partial charge in [0.25, 0.3) is 5.91 Å². The number of ether oxygens (including phenoxy) is 1. The third kappa shape index (κ3) is 4.62. The number of carbonyl (C=O) groups excluding carboxylic acids is 2. The van der Waals surface area contributed by atoms with Crippen molar-refractivity contribution in [3.05, 3.63) is 83.0 Å². The Labute approximate surface area is 161 Å². The van der Waals surface area contributed by atoms with Gasteiger partial charge in [0.15, 0.2) is 0 Å². The van der Waals surface area contributed by atoms with Crippen LogP contribution in [0.3, 0.4) is 0 Å². The number of esters is 1. The van der Waals surface area contributed by atoms with Crippen LogP contribution in [0.1, 0.15) is 20.7 Å². The number of para-hydroxylation sites is 1. The van der Waals surface area contributed by atoms with Crippen molar-refractivity contribution in [1.29, 1.82) is 0 Å². The molecule has 1 heterocycles. The van der Waals surface area contributed by atoms with E-state index in [1.165, 1.54) is 13.3 Å². The zero-order valence-corrected chi connectivity index (χ0v) is 15.2. The van der Waals surface area contributed by atoms with Gasteiger partial charge in [-0.15, -0.1) is 0 Å². The molecule has 1 amide bonds. The molecule has 2 aromatic carbocycles. The molecule has 0 fully saturated rings. The first-order valence-electron chi connectivity index (χ1n) is 8.04. The number of carbonyl (C=O) groups is 2. The number of hydrogen-bond donors (Lipinski definition) is 2. The topological polar surface area (TPSA) is 80.3 Å². The number of aromatic nitrogens is 1. The Morgan fingerprint density at radius 1 is 1.04 bits per heavy atom. The molecule has 2 N–H and O–H groups in total. The van der Waals surface area contributed by atoms with Crippen LogP contribution in [-0.4, -0.2) is 24.0 Å². The average Bonchev–Trinajstić information content (AvgIpc) is 2.68. The molecule has 0 bridgehead atoms. The summed E-state index contributed by atoms with van der Waals surface area (Å²) in [5.74, 6) is -0.405. The summed E-state index contributed by atoms with van der Waals surface area (Å²) in [5.41, 5.74) is 1.79. The average molecular weight is 382 g/mol. The van der Waals surface area contributed by atoms with E-state index in [1.807, 2.05) is 12.1 Å². The van der Waals surface area contributed by atoms with Gasteiger partial charge >= 0.3 is 5.97 Å². The van der Waals surface area contributed by atoms with E-state index in [4.69, 9.17) is 16.3 Å². The Morgan fingerprint density at radius 3 is 2.63 bits per heavy atom. The second-order valence-electron chi connectivity index (χ2n) is 5.56. The van der Waals surface area contributed by atoms with Crippen molar-refractivity contribution in [2.45, 2.75) is 0 Å². The van der Waals surface area contributed by atoms with Gasteiger partial charge in [-0.25, -0.2) is 9.78 Å². The van der Waals surface area contributed by atoms with Crippen LogP contribution in [-0.2, 0) is 4.74 Å². The lowest BCUT2D eigenvalue weighted by atomic mass is 10.1. The number of benzene rings is 2. The maximum Gasteiger partial charge on any atom is 0.339 e. The van der Waals surface area contributed by atoms with Gasteiger partial charge in [0.2, 0.25) is 0 Å². The summed E-state index contributed by atoms with van der Waals surface area (Å²) in [5, 5.41) is 6.41. The van der Waals surface area contributed by atoms with E-state index in [9.17, 15) is 9.59 Å². The number of pyridine rings is 1. The number of amides is 1. The van der Waals surface area contributed by atoms with E-state index >= 15 is 0 Å². The molecular weight excluding hydrogens is 366 g/mol. The standard InChI is InChI=1S/C20H16ClN3O3/c1-27-20(26)16-7-2-3-8-17(16)24-19(25)13-9-10-22-18(11-13)23-15-6-4-5-14(21)12-15/h2-12H,1H3,(H,22,23)(H,24,25). The Balaban J connectivity index is 1.79. The lowest BCUT2D eigenvalue weighted by Crippen LogP contribution is -2.15. The fraction of sp³-hybridized carbons (Fsp3) is 0.0500. The van der Waals surface area contributed by atoms with Gasteiger partial charge in [-0.1, -0.05) is 29.8 Å². The lowest BCUT2D eigenvalue weighted by Gasteiger charge is -2.11. The molecule has 136 valence electrons. The summed E-state index contributed by atoms with van der Waals surface area (Å²) in [7, 11) is 1.29. The molecule has 0 aliphatic carbocycles. The lowest BCUT2D eigenvalue weighted by molar-refractivity contribution is 0.0602. The molecule has 0 aliphatic rings. The molecule has 0 unspecified atom stereocenters. The molecule has 3 aromatic rings. The number of nitrogens with zero attached hydrogens (tertiary/aromatic N) is 1. The van der Waals surface area contributed by atoms with Crippen molar-refractivity contribution in [2.24, 2.45) is 0 Å².